The van der Waals surface area contributed by atoms with E-state index in [-0.39, 0.29) is 0 Å². The van der Waals surface area contributed by atoms with Crippen LogP contribution >= 0.6 is 15.9 Å². The molecule has 2 nitrogen and oxygen atoms in total. The van der Waals surface area contributed by atoms with Crippen LogP contribution in [-0.2, 0) is 0 Å². The zero-order valence-corrected chi connectivity index (χ0v) is 7.58. The fourth-order valence-electron chi connectivity index (χ4n) is 1.19. The smallest absolute Gasteiger partial charge is 0.110 e. The third-order valence-electron chi connectivity index (χ3n) is 2.04. The topological polar surface area (TPSA) is 15.6 Å². The Morgan fingerprint density at radius 3 is 2.70 bits per heavy atom. The lowest BCUT2D eigenvalue weighted by molar-refractivity contribution is 0.269. The van der Waals surface area contributed by atoms with Crippen molar-refractivity contribution in [2.24, 2.45) is 11.0 Å². The summed E-state index contributed by atoms with van der Waals surface area (Å²) in [6, 6.07) is 0.741. The predicted octanol–water partition coefficient (Wildman–Crippen LogP) is 1.81. The Morgan fingerprint density at radius 2 is 2.30 bits per heavy atom. The monoisotopic (exact) mass is 202 g/mol. The van der Waals surface area contributed by atoms with Crippen molar-refractivity contribution in [1.82, 2.24) is 5.01 Å². The zero-order valence-electron chi connectivity index (χ0n) is 6.00. The number of hydrazone groups is 1. The number of nitrogens with zero attached hydrogens (tertiary/aromatic N) is 2. The summed E-state index contributed by atoms with van der Waals surface area (Å²) in [5, 5.41) is 6.51. The molecule has 0 bridgehead atoms. The van der Waals surface area contributed by atoms with Crippen LogP contribution in [0.1, 0.15) is 19.8 Å². The van der Waals surface area contributed by atoms with Gasteiger partial charge in [0.25, 0.3) is 0 Å². The maximum Gasteiger partial charge on any atom is 0.110 e. The first-order valence-electron chi connectivity index (χ1n) is 3.75. The van der Waals surface area contributed by atoms with Crippen molar-refractivity contribution in [2.45, 2.75) is 30.8 Å². The molecule has 1 saturated carbocycles. The Bertz CT molecular complexity index is 165. The Hall–Kier alpha value is -0.0500. The predicted molar refractivity (Wildman–Crippen MR) is 45.2 cm³/mol. The number of halogens is 1. The summed E-state index contributed by atoms with van der Waals surface area (Å²) in [4.78, 5) is 0.458. The molecule has 1 aliphatic carbocycles. The van der Waals surface area contributed by atoms with E-state index in [1.165, 1.54) is 12.8 Å². The van der Waals surface area contributed by atoms with Gasteiger partial charge in [-0.1, -0.05) is 22.9 Å². The Balaban J connectivity index is 2.03. The maximum atomic E-state index is 4.32. The molecule has 2 aliphatic rings. The van der Waals surface area contributed by atoms with E-state index in [1.54, 1.807) is 0 Å². The molecule has 2 rings (SSSR count). The van der Waals surface area contributed by atoms with Crippen LogP contribution in [0.5, 0.6) is 0 Å². The van der Waals surface area contributed by atoms with Gasteiger partial charge < -0.3 is 0 Å². The van der Waals surface area contributed by atoms with Crippen LogP contribution in [-0.4, -0.2) is 22.2 Å². The summed E-state index contributed by atoms with van der Waals surface area (Å²) in [6.45, 7) is 2.19. The summed E-state index contributed by atoms with van der Waals surface area (Å²) in [5.41, 5.74) is 0. The quantitative estimate of drug-likeness (QED) is 0.468. The van der Waals surface area contributed by atoms with Gasteiger partial charge in [-0.15, -0.1) is 0 Å². The molecule has 10 heavy (non-hydrogen) atoms. The van der Waals surface area contributed by atoms with Crippen molar-refractivity contribution in [1.29, 1.82) is 0 Å². The molecule has 0 aromatic heterocycles. The average molecular weight is 203 g/mol. The normalized spacial score (nSPS) is 39.2. The molecule has 1 aliphatic heterocycles. The second-order valence-corrected chi connectivity index (χ2v) is 4.05. The molecular formula is C7H11BrN2. The first kappa shape index (κ1) is 6.65. The van der Waals surface area contributed by atoms with Gasteiger partial charge in [0, 0.05) is 18.2 Å². The maximum absolute atomic E-state index is 4.32. The van der Waals surface area contributed by atoms with Crippen LogP contribution < -0.4 is 0 Å². The van der Waals surface area contributed by atoms with E-state index in [2.05, 4.69) is 33.0 Å². The molecule has 0 amide bonds. The Kier molecular flexibility index (Phi) is 1.48. The number of hydrogen-bond donors (Lipinski definition) is 0. The van der Waals surface area contributed by atoms with Crippen molar-refractivity contribution >= 4 is 22.1 Å². The summed E-state index contributed by atoms with van der Waals surface area (Å²) in [5.74, 6) is 0.570. The Morgan fingerprint density at radius 1 is 1.60 bits per heavy atom. The van der Waals surface area contributed by atoms with Crippen LogP contribution in [0.4, 0.5) is 0 Å². The lowest BCUT2D eigenvalue weighted by Gasteiger charge is -2.19. The minimum atomic E-state index is 0.458. The van der Waals surface area contributed by atoms with E-state index in [0.717, 1.165) is 6.04 Å². The largest absolute Gasteiger partial charge is 0.280 e. The van der Waals surface area contributed by atoms with Crippen molar-refractivity contribution in [3.8, 4) is 0 Å². The van der Waals surface area contributed by atoms with Gasteiger partial charge in [0.1, 0.15) is 4.95 Å². The molecule has 2 unspecified atom stereocenters. The molecule has 56 valence electrons. The second kappa shape index (κ2) is 2.22. The molecule has 3 heteroatoms. The minimum absolute atomic E-state index is 0.458. The van der Waals surface area contributed by atoms with Crippen molar-refractivity contribution in [3.63, 3.8) is 0 Å². The fraction of sp³-hybridized carbons (Fsp3) is 0.857. The lowest BCUT2D eigenvalue weighted by Crippen LogP contribution is -2.26. The zero-order chi connectivity index (χ0) is 7.14. The third kappa shape index (κ3) is 0.965. The van der Waals surface area contributed by atoms with Crippen molar-refractivity contribution < 1.29 is 0 Å². The fourth-order valence-corrected chi connectivity index (χ4v) is 1.77. The van der Waals surface area contributed by atoms with Gasteiger partial charge in [-0.2, -0.15) is 5.10 Å². The van der Waals surface area contributed by atoms with Gasteiger partial charge in [-0.25, -0.2) is 0 Å². The molecule has 2 atom stereocenters. The molecule has 0 spiro atoms. The lowest BCUT2D eigenvalue weighted by atomic mass is 10.2. The van der Waals surface area contributed by atoms with Gasteiger partial charge in [0.15, 0.2) is 0 Å². The molecule has 1 heterocycles. The van der Waals surface area contributed by atoms with E-state index in [4.69, 9.17) is 0 Å². The van der Waals surface area contributed by atoms with Crippen molar-refractivity contribution in [3.05, 3.63) is 0 Å². The molecule has 0 radical (unpaired) electrons. The molecule has 0 aromatic rings. The number of rotatable bonds is 1. The van der Waals surface area contributed by atoms with E-state index < -0.39 is 0 Å². The average Bonchev–Trinajstić information content (AvgIpc) is 2.67. The SMILES string of the molecule is CC1C=NN(C2CC2)C1Br. The van der Waals surface area contributed by atoms with Crippen LogP contribution in [0, 0.1) is 5.92 Å². The van der Waals surface area contributed by atoms with E-state index in [9.17, 15) is 0 Å². The highest BCUT2D eigenvalue weighted by atomic mass is 79.9. The second-order valence-electron chi connectivity index (χ2n) is 3.11. The van der Waals surface area contributed by atoms with Gasteiger partial charge in [-0.3, -0.25) is 5.01 Å². The highest BCUT2D eigenvalue weighted by molar-refractivity contribution is 9.09. The molecule has 0 aromatic carbocycles. The highest BCUT2D eigenvalue weighted by Gasteiger charge is 2.36. The number of hydrogen-bond acceptors (Lipinski definition) is 2. The Labute approximate surface area is 69.4 Å². The van der Waals surface area contributed by atoms with E-state index >= 15 is 0 Å². The number of alkyl halides is 1. The standard InChI is InChI=1S/C7H11BrN2/c1-5-4-9-10(7(5)8)6-2-3-6/h4-7H,2-3H2,1H3. The van der Waals surface area contributed by atoms with Gasteiger partial charge in [-0.05, 0) is 12.8 Å². The highest BCUT2D eigenvalue weighted by Crippen LogP contribution is 2.35. The summed E-state index contributed by atoms with van der Waals surface area (Å²) in [6.07, 6.45) is 4.68. The minimum Gasteiger partial charge on any atom is -0.280 e. The van der Waals surface area contributed by atoms with Crippen LogP contribution in [0.25, 0.3) is 0 Å². The summed E-state index contributed by atoms with van der Waals surface area (Å²) < 4.78 is 0. The first-order chi connectivity index (χ1) is 4.79. The first-order valence-corrected chi connectivity index (χ1v) is 4.67. The molecule has 0 saturated heterocycles. The van der Waals surface area contributed by atoms with Crippen LogP contribution in [0.2, 0.25) is 0 Å². The molecular weight excluding hydrogens is 192 g/mol. The van der Waals surface area contributed by atoms with Gasteiger partial charge >= 0.3 is 0 Å². The van der Waals surface area contributed by atoms with Crippen LogP contribution in [0.15, 0.2) is 5.10 Å². The van der Waals surface area contributed by atoms with E-state index in [0.29, 0.717) is 10.9 Å². The summed E-state index contributed by atoms with van der Waals surface area (Å²) >= 11 is 3.61. The van der Waals surface area contributed by atoms with E-state index in [1.807, 2.05) is 6.21 Å². The summed E-state index contributed by atoms with van der Waals surface area (Å²) in [7, 11) is 0. The van der Waals surface area contributed by atoms with Gasteiger partial charge in [0.05, 0.1) is 0 Å². The van der Waals surface area contributed by atoms with Crippen molar-refractivity contribution in [2.75, 3.05) is 0 Å². The van der Waals surface area contributed by atoms with Gasteiger partial charge in [0.2, 0.25) is 0 Å². The molecule has 0 N–H and O–H groups in total. The third-order valence-corrected chi connectivity index (χ3v) is 3.30. The molecule has 1 fully saturated rings. The van der Waals surface area contributed by atoms with Crippen LogP contribution in [0.3, 0.4) is 0 Å².